The number of hydrogen-bond acceptors (Lipinski definition) is 5. The van der Waals surface area contributed by atoms with Crippen LogP contribution in [-0.4, -0.2) is 52.1 Å². The lowest BCUT2D eigenvalue weighted by atomic mass is 10.2. The van der Waals surface area contributed by atoms with Crippen molar-refractivity contribution in [2.75, 3.05) is 26.7 Å². The molecule has 106 valence electrons. The summed E-state index contributed by atoms with van der Waals surface area (Å²) in [7, 11) is 2.05. The molecule has 2 heterocycles. The normalized spacial score (nSPS) is 19.2. The molecule has 1 aromatic rings. The van der Waals surface area contributed by atoms with E-state index in [4.69, 9.17) is 0 Å². The Bertz CT molecular complexity index is 439. The molecule has 2 rings (SSSR count). The van der Waals surface area contributed by atoms with Crippen molar-refractivity contribution in [3.8, 4) is 0 Å². The summed E-state index contributed by atoms with van der Waals surface area (Å²) < 4.78 is 1.67. The van der Waals surface area contributed by atoms with Crippen molar-refractivity contribution in [1.29, 1.82) is 0 Å². The Kier molecular flexibility index (Phi) is 4.49. The summed E-state index contributed by atoms with van der Waals surface area (Å²) in [6, 6.07) is 0.559. The third-order valence-corrected chi connectivity index (χ3v) is 3.62. The van der Waals surface area contributed by atoms with Gasteiger partial charge in [-0.15, -0.1) is 0 Å². The zero-order chi connectivity index (χ0) is 13.8. The molecule has 0 bridgehead atoms. The van der Waals surface area contributed by atoms with E-state index in [1.165, 1.54) is 19.0 Å². The topological polar surface area (TPSA) is 76.2 Å². The van der Waals surface area contributed by atoms with Crippen LogP contribution in [0.4, 0.5) is 5.82 Å². The van der Waals surface area contributed by atoms with Crippen molar-refractivity contribution in [3.05, 3.63) is 22.1 Å². The van der Waals surface area contributed by atoms with Gasteiger partial charge in [0.05, 0.1) is 0 Å². The van der Waals surface area contributed by atoms with E-state index in [1.807, 2.05) is 0 Å². The van der Waals surface area contributed by atoms with Gasteiger partial charge in [-0.1, -0.05) is 0 Å². The number of imidazole rings is 1. The minimum Gasteiger partial charge on any atom is -0.358 e. The van der Waals surface area contributed by atoms with E-state index < -0.39 is 0 Å². The summed E-state index contributed by atoms with van der Waals surface area (Å²) in [6.45, 7) is 5.28. The van der Waals surface area contributed by atoms with Crippen LogP contribution in [0.15, 0.2) is 6.20 Å². The van der Waals surface area contributed by atoms with Gasteiger partial charge in [0.1, 0.15) is 12.7 Å². The van der Waals surface area contributed by atoms with Crippen LogP contribution in [0.25, 0.3) is 0 Å². The van der Waals surface area contributed by atoms with Gasteiger partial charge in [0, 0.05) is 26.1 Å². The fourth-order valence-corrected chi connectivity index (χ4v) is 2.53. The largest absolute Gasteiger partial charge is 0.358 e. The number of rotatable bonds is 6. The summed E-state index contributed by atoms with van der Waals surface area (Å²) >= 11 is 0. The van der Waals surface area contributed by atoms with Crippen LogP contribution in [0.1, 0.15) is 18.7 Å². The van der Waals surface area contributed by atoms with Crippen molar-refractivity contribution in [3.63, 3.8) is 0 Å². The SMILES string of the molecule is Cc1ncc([N+](=O)[O-])n1CCN(C)CC1CCCN1. The Labute approximate surface area is 112 Å². The fraction of sp³-hybridized carbons (Fsp3) is 0.750. The molecule has 0 radical (unpaired) electrons. The minimum absolute atomic E-state index is 0.0740. The molecule has 1 aliphatic rings. The number of aryl methyl sites for hydroxylation is 1. The second-order valence-corrected chi connectivity index (χ2v) is 5.13. The van der Waals surface area contributed by atoms with Crippen molar-refractivity contribution < 1.29 is 4.92 Å². The molecule has 0 amide bonds. The van der Waals surface area contributed by atoms with Crippen LogP contribution in [-0.2, 0) is 6.54 Å². The average Bonchev–Trinajstić information content (AvgIpc) is 2.96. The van der Waals surface area contributed by atoms with Crippen LogP contribution < -0.4 is 5.32 Å². The third-order valence-electron chi connectivity index (χ3n) is 3.62. The van der Waals surface area contributed by atoms with E-state index >= 15 is 0 Å². The van der Waals surface area contributed by atoms with Gasteiger partial charge in [-0.3, -0.25) is 0 Å². The van der Waals surface area contributed by atoms with Crippen molar-refractivity contribution >= 4 is 5.82 Å². The first-order valence-electron chi connectivity index (χ1n) is 6.66. The predicted molar refractivity (Wildman–Crippen MR) is 72.1 cm³/mol. The maximum atomic E-state index is 10.9. The quantitative estimate of drug-likeness (QED) is 0.609. The second kappa shape index (κ2) is 6.12. The van der Waals surface area contributed by atoms with Gasteiger partial charge in [0.25, 0.3) is 0 Å². The van der Waals surface area contributed by atoms with Gasteiger partial charge in [0.2, 0.25) is 0 Å². The lowest BCUT2D eigenvalue weighted by Crippen LogP contribution is -2.36. The third kappa shape index (κ3) is 3.51. The van der Waals surface area contributed by atoms with E-state index in [-0.39, 0.29) is 10.7 Å². The van der Waals surface area contributed by atoms with E-state index in [1.54, 1.807) is 11.5 Å². The molecule has 0 aromatic carbocycles. The summed E-state index contributed by atoms with van der Waals surface area (Å²) in [5.74, 6) is 0.768. The van der Waals surface area contributed by atoms with Crippen LogP contribution in [0.5, 0.6) is 0 Å². The summed E-state index contributed by atoms with van der Waals surface area (Å²) in [4.78, 5) is 16.7. The highest BCUT2D eigenvalue weighted by Crippen LogP contribution is 2.13. The van der Waals surface area contributed by atoms with Crippen LogP contribution >= 0.6 is 0 Å². The van der Waals surface area contributed by atoms with Gasteiger partial charge in [-0.25, -0.2) is 9.55 Å². The molecule has 0 spiro atoms. The highest BCUT2D eigenvalue weighted by Gasteiger charge is 2.19. The summed E-state index contributed by atoms with van der Waals surface area (Å²) in [5.41, 5.74) is 0. The maximum absolute atomic E-state index is 10.9. The first kappa shape index (κ1) is 14.0. The molecule has 0 saturated carbocycles. The fourth-order valence-electron chi connectivity index (χ4n) is 2.53. The van der Waals surface area contributed by atoms with E-state index in [9.17, 15) is 10.1 Å². The molecule has 1 fully saturated rings. The molecule has 7 heteroatoms. The molecule has 19 heavy (non-hydrogen) atoms. The lowest BCUT2D eigenvalue weighted by Gasteiger charge is -2.20. The molecule has 0 aliphatic carbocycles. The first-order valence-corrected chi connectivity index (χ1v) is 6.66. The predicted octanol–water partition coefficient (Wildman–Crippen LogP) is 0.784. The van der Waals surface area contributed by atoms with Gasteiger partial charge >= 0.3 is 5.82 Å². The minimum atomic E-state index is -0.376. The number of nitrogens with one attached hydrogen (secondary N) is 1. The Hall–Kier alpha value is -1.47. The van der Waals surface area contributed by atoms with Gasteiger partial charge < -0.3 is 20.3 Å². The molecule has 1 atom stereocenters. The number of nitrogens with zero attached hydrogens (tertiary/aromatic N) is 4. The number of aromatic nitrogens is 2. The molecule has 1 aliphatic heterocycles. The Morgan fingerprint density at radius 1 is 1.68 bits per heavy atom. The summed E-state index contributed by atoms with van der Waals surface area (Å²) in [6.07, 6.45) is 3.78. The van der Waals surface area contributed by atoms with E-state index in [2.05, 4.69) is 22.2 Å². The average molecular weight is 267 g/mol. The zero-order valence-electron chi connectivity index (χ0n) is 11.5. The van der Waals surface area contributed by atoms with Crippen LogP contribution in [0.2, 0.25) is 0 Å². The van der Waals surface area contributed by atoms with E-state index in [0.29, 0.717) is 18.4 Å². The molecule has 1 unspecified atom stereocenters. The highest BCUT2D eigenvalue weighted by atomic mass is 16.6. The number of nitro groups is 1. The summed E-state index contributed by atoms with van der Waals surface area (Å²) in [5, 5.41) is 14.3. The van der Waals surface area contributed by atoms with Crippen LogP contribution in [0, 0.1) is 17.0 Å². The number of likely N-dealkylation sites (N-methyl/N-ethyl adjacent to an activating group) is 1. The molecule has 7 nitrogen and oxygen atoms in total. The molecule has 1 N–H and O–H groups in total. The van der Waals surface area contributed by atoms with Gasteiger partial charge in [0.15, 0.2) is 5.82 Å². The van der Waals surface area contributed by atoms with E-state index in [0.717, 1.165) is 19.6 Å². The standard InChI is InChI=1S/C12H21N5O2/c1-10-14-8-12(17(18)19)16(10)7-6-15(2)9-11-4-3-5-13-11/h8,11,13H,3-7,9H2,1-2H3. The molecule has 1 saturated heterocycles. The first-order chi connectivity index (χ1) is 9.08. The zero-order valence-corrected chi connectivity index (χ0v) is 11.5. The second-order valence-electron chi connectivity index (χ2n) is 5.13. The molecular formula is C12H21N5O2. The van der Waals surface area contributed by atoms with Crippen molar-refractivity contribution in [2.24, 2.45) is 0 Å². The van der Waals surface area contributed by atoms with Gasteiger partial charge in [-0.05, 0) is 31.4 Å². The van der Waals surface area contributed by atoms with Crippen LogP contribution in [0.3, 0.4) is 0 Å². The Morgan fingerprint density at radius 2 is 2.47 bits per heavy atom. The maximum Gasteiger partial charge on any atom is 0.342 e. The molecular weight excluding hydrogens is 246 g/mol. The lowest BCUT2D eigenvalue weighted by molar-refractivity contribution is -0.392. The Morgan fingerprint density at radius 3 is 3.11 bits per heavy atom. The Balaban J connectivity index is 1.87. The number of hydrogen-bond donors (Lipinski definition) is 1. The molecule has 1 aromatic heterocycles. The van der Waals surface area contributed by atoms with Gasteiger partial charge in [-0.2, -0.15) is 0 Å². The highest BCUT2D eigenvalue weighted by molar-refractivity contribution is 5.18. The van der Waals surface area contributed by atoms with Crippen molar-refractivity contribution in [2.45, 2.75) is 32.4 Å². The smallest absolute Gasteiger partial charge is 0.342 e. The monoisotopic (exact) mass is 267 g/mol. The van der Waals surface area contributed by atoms with Crippen molar-refractivity contribution in [1.82, 2.24) is 19.8 Å².